The zero-order valence-electron chi connectivity index (χ0n) is 23.1. The molecule has 4 atom stereocenters. The molecular formula is C28H38FN7O3. The zero-order valence-corrected chi connectivity index (χ0v) is 23.1. The van der Waals surface area contributed by atoms with Crippen LogP contribution in [0.5, 0.6) is 0 Å². The number of anilines is 2. The van der Waals surface area contributed by atoms with E-state index in [-0.39, 0.29) is 12.3 Å². The van der Waals surface area contributed by atoms with Crippen LogP contribution in [0.1, 0.15) is 64.8 Å². The van der Waals surface area contributed by atoms with Gasteiger partial charge in [-0.3, -0.25) is 0 Å². The molecule has 39 heavy (non-hydrogen) atoms. The molecule has 0 N–H and O–H groups in total. The smallest absolute Gasteiger partial charge is 0.177 e. The lowest BCUT2D eigenvalue weighted by Crippen LogP contribution is -2.47. The maximum atomic E-state index is 15.9. The zero-order chi connectivity index (χ0) is 26.7. The van der Waals surface area contributed by atoms with Crippen molar-refractivity contribution >= 4 is 22.5 Å². The van der Waals surface area contributed by atoms with Crippen molar-refractivity contribution in [3.05, 3.63) is 24.0 Å². The normalized spacial score (nSPS) is 28.0. The topological polar surface area (TPSA) is 82.7 Å². The van der Waals surface area contributed by atoms with Gasteiger partial charge in [-0.05, 0) is 52.9 Å². The second kappa shape index (κ2) is 9.71. The standard InChI is InChI=1S/C28H38FN7O3/c1-18-15-37-13-11-33(18)21-14-23(35-19-7-8-20(35)17-38-16-19)30-27-25(21)26(28(2,3)29)32-36(27)22-9-10-34(31-22)24-6-4-5-12-39-24/h9-10,14,18-20,24H,4-8,11-13,15-17H2,1-3H3/t18-,19?,20?,24?/m1/s1. The number of aromatic nitrogens is 5. The van der Waals surface area contributed by atoms with E-state index in [1.165, 1.54) is 0 Å². The second-order valence-corrected chi connectivity index (χ2v) is 11.9. The van der Waals surface area contributed by atoms with Crippen LogP contribution >= 0.6 is 0 Å². The molecule has 0 aliphatic carbocycles. The minimum Gasteiger partial charge on any atom is -0.377 e. The molecule has 11 heteroatoms. The maximum Gasteiger partial charge on any atom is 0.177 e. The van der Waals surface area contributed by atoms with E-state index in [1.54, 1.807) is 18.5 Å². The number of hydrogen-bond acceptors (Lipinski definition) is 8. The number of fused-ring (bicyclic) bond motifs is 3. The van der Waals surface area contributed by atoms with Gasteiger partial charge in [-0.2, -0.15) is 14.9 Å². The first kappa shape index (κ1) is 25.2. The summed E-state index contributed by atoms with van der Waals surface area (Å²) in [5.74, 6) is 1.51. The Balaban J connectivity index is 1.43. The van der Waals surface area contributed by atoms with Crippen molar-refractivity contribution in [2.45, 2.75) is 82.9 Å². The molecule has 0 saturated carbocycles. The van der Waals surface area contributed by atoms with Crippen molar-refractivity contribution in [2.24, 2.45) is 0 Å². The summed E-state index contributed by atoms with van der Waals surface area (Å²) in [6.45, 7) is 9.39. The van der Waals surface area contributed by atoms with Gasteiger partial charge in [0.25, 0.3) is 0 Å². The predicted octanol–water partition coefficient (Wildman–Crippen LogP) is 4.11. The maximum absolute atomic E-state index is 15.9. The highest BCUT2D eigenvalue weighted by Gasteiger charge is 2.40. The molecule has 4 aliphatic heterocycles. The Hall–Kier alpha value is -2.76. The third kappa shape index (κ3) is 4.38. The lowest BCUT2D eigenvalue weighted by Gasteiger charge is -2.38. The minimum absolute atomic E-state index is 0.0938. The lowest BCUT2D eigenvalue weighted by molar-refractivity contribution is -0.0395. The van der Waals surface area contributed by atoms with E-state index < -0.39 is 5.67 Å². The fourth-order valence-corrected chi connectivity index (χ4v) is 6.64. The van der Waals surface area contributed by atoms with Gasteiger partial charge in [0.2, 0.25) is 0 Å². The van der Waals surface area contributed by atoms with E-state index in [4.69, 9.17) is 29.4 Å². The molecule has 4 fully saturated rings. The van der Waals surface area contributed by atoms with Crippen molar-refractivity contribution in [1.29, 1.82) is 0 Å². The molecule has 4 saturated heterocycles. The number of rotatable bonds is 5. The molecule has 3 aromatic rings. The summed E-state index contributed by atoms with van der Waals surface area (Å²) < 4.78 is 37.1. The number of nitrogens with zero attached hydrogens (tertiary/aromatic N) is 7. The summed E-state index contributed by atoms with van der Waals surface area (Å²) in [5, 5.41) is 10.5. The first-order chi connectivity index (χ1) is 18.9. The summed E-state index contributed by atoms with van der Waals surface area (Å²) in [6, 6.07) is 4.79. The molecule has 3 aromatic heterocycles. The molecular weight excluding hydrogens is 501 g/mol. The predicted molar refractivity (Wildman–Crippen MR) is 145 cm³/mol. The molecule has 7 heterocycles. The Morgan fingerprint density at radius 1 is 0.974 bits per heavy atom. The Morgan fingerprint density at radius 2 is 1.79 bits per heavy atom. The molecule has 7 rings (SSSR count). The Morgan fingerprint density at radius 3 is 2.51 bits per heavy atom. The van der Waals surface area contributed by atoms with Crippen LogP contribution in [-0.2, 0) is 19.9 Å². The van der Waals surface area contributed by atoms with E-state index in [2.05, 4.69) is 22.8 Å². The second-order valence-electron chi connectivity index (χ2n) is 11.9. The molecule has 0 radical (unpaired) electrons. The van der Waals surface area contributed by atoms with Crippen molar-refractivity contribution < 1.29 is 18.6 Å². The SMILES string of the molecule is C[C@@H]1COCCN1c1cc(N2C3CCC2COC3)nc2c1c(C(C)(C)F)nn2-c1ccn(C2CCCCO2)n1. The summed E-state index contributed by atoms with van der Waals surface area (Å²) in [4.78, 5) is 9.97. The van der Waals surface area contributed by atoms with Crippen molar-refractivity contribution in [3.8, 4) is 5.82 Å². The number of morpholine rings is 2. The van der Waals surface area contributed by atoms with Crippen molar-refractivity contribution in [3.63, 3.8) is 0 Å². The van der Waals surface area contributed by atoms with Crippen LogP contribution in [0.15, 0.2) is 18.3 Å². The van der Waals surface area contributed by atoms with Crippen LogP contribution in [0.2, 0.25) is 0 Å². The molecule has 2 bridgehead atoms. The molecule has 0 aromatic carbocycles. The first-order valence-corrected chi connectivity index (χ1v) is 14.4. The quantitative estimate of drug-likeness (QED) is 0.479. The van der Waals surface area contributed by atoms with Crippen LogP contribution in [0, 0.1) is 0 Å². The number of pyridine rings is 1. The Kier molecular flexibility index (Phi) is 6.28. The number of hydrogen-bond donors (Lipinski definition) is 0. The number of alkyl halides is 1. The number of ether oxygens (including phenoxy) is 3. The molecule has 10 nitrogen and oxygen atoms in total. The first-order valence-electron chi connectivity index (χ1n) is 14.4. The van der Waals surface area contributed by atoms with Crippen LogP contribution in [-0.4, -0.2) is 82.2 Å². The third-order valence-corrected chi connectivity index (χ3v) is 8.61. The highest BCUT2D eigenvalue weighted by Crippen LogP contribution is 2.42. The highest BCUT2D eigenvalue weighted by molar-refractivity contribution is 5.95. The fourth-order valence-electron chi connectivity index (χ4n) is 6.64. The van der Waals surface area contributed by atoms with Gasteiger partial charge in [0.15, 0.2) is 11.5 Å². The van der Waals surface area contributed by atoms with Crippen LogP contribution in [0.4, 0.5) is 15.9 Å². The lowest BCUT2D eigenvalue weighted by atomic mass is 10.0. The summed E-state index contributed by atoms with van der Waals surface area (Å²) in [6.07, 6.45) is 7.11. The van der Waals surface area contributed by atoms with Gasteiger partial charge in [-0.25, -0.2) is 14.1 Å². The van der Waals surface area contributed by atoms with E-state index >= 15 is 4.39 Å². The van der Waals surface area contributed by atoms with E-state index in [0.29, 0.717) is 55.7 Å². The fraction of sp³-hybridized carbons (Fsp3) is 0.679. The largest absolute Gasteiger partial charge is 0.377 e. The Bertz CT molecular complexity index is 1330. The van der Waals surface area contributed by atoms with Crippen LogP contribution in [0.25, 0.3) is 16.9 Å². The van der Waals surface area contributed by atoms with Gasteiger partial charge < -0.3 is 24.0 Å². The molecule has 4 aliphatic rings. The molecule has 3 unspecified atom stereocenters. The van der Waals surface area contributed by atoms with Gasteiger partial charge >= 0.3 is 0 Å². The third-order valence-electron chi connectivity index (χ3n) is 8.61. The summed E-state index contributed by atoms with van der Waals surface area (Å²) in [7, 11) is 0. The van der Waals surface area contributed by atoms with E-state index in [9.17, 15) is 0 Å². The van der Waals surface area contributed by atoms with Gasteiger partial charge in [-0.1, -0.05) is 0 Å². The minimum atomic E-state index is -1.68. The average Bonchev–Trinajstić information content (AvgIpc) is 3.63. The highest BCUT2D eigenvalue weighted by atomic mass is 19.1. The van der Waals surface area contributed by atoms with Gasteiger partial charge in [0.1, 0.15) is 23.4 Å². The molecule has 210 valence electrons. The van der Waals surface area contributed by atoms with Gasteiger partial charge in [0.05, 0.1) is 49.6 Å². The van der Waals surface area contributed by atoms with Gasteiger partial charge in [0, 0.05) is 37.5 Å². The Labute approximate surface area is 228 Å². The molecule has 0 spiro atoms. The van der Waals surface area contributed by atoms with E-state index in [0.717, 1.165) is 62.1 Å². The average molecular weight is 540 g/mol. The van der Waals surface area contributed by atoms with Crippen molar-refractivity contribution in [2.75, 3.05) is 49.4 Å². The van der Waals surface area contributed by atoms with Crippen LogP contribution < -0.4 is 9.80 Å². The van der Waals surface area contributed by atoms with E-state index in [1.807, 2.05) is 16.9 Å². The van der Waals surface area contributed by atoms with Crippen molar-refractivity contribution in [1.82, 2.24) is 24.5 Å². The van der Waals surface area contributed by atoms with Crippen LogP contribution in [0.3, 0.4) is 0 Å². The number of halogens is 1. The monoisotopic (exact) mass is 539 g/mol. The summed E-state index contributed by atoms with van der Waals surface area (Å²) in [5.41, 5.74) is 0.282. The summed E-state index contributed by atoms with van der Waals surface area (Å²) >= 11 is 0. The molecule has 0 amide bonds. The van der Waals surface area contributed by atoms with Gasteiger partial charge in [-0.15, -0.1) is 0 Å².